The number of aryl methyl sites for hydroxylation is 2. The van der Waals surface area contributed by atoms with Gasteiger partial charge in [-0.15, -0.1) is 0 Å². The van der Waals surface area contributed by atoms with Crippen molar-refractivity contribution >= 4 is 5.91 Å². The molecule has 0 bridgehead atoms. The average Bonchev–Trinajstić information content (AvgIpc) is 3.31. The molecule has 0 saturated heterocycles. The molecule has 0 fully saturated rings. The van der Waals surface area contributed by atoms with E-state index in [9.17, 15) is 4.79 Å². The van der Waals surface area contributed by atoms with Crippen molar-refractivity contribution in [3.8, 4) is 11.3 Å². The summed E-state index contributed by atoms with van der Waals surface area (Å²) in [6, 6.07) is 8.50. The zero-order valence-electron chi connectivity index (χ0n) is 18.7. The number of carbonyl (C=O) groups is 1. The van der Waals surface area contributed by atoms with Gasteiger partial charge in [0.05, 0.1) is 29.1 Å². The first kappa shape index (κ1) is 19.7. The number of hydrogen-bond acceptors (Lipinski definition) is 5. The summed E-state index contributed by atoms with van der Waals surface area (Å²) in [6.45, 7) is 8.31. The summed E-state index contributed by atoms with van der Waals surface area (Å²) in [5, 5.41) is 19.8. The molecule has 7 nitrogen and oxygen atoms in total. The molecule has 0 radical (unpaired) electrons. The SMILES string of the molecule is CC[C@@]1(c2cccc(-c3c(C)cnn3C)c2)C2=CN=NC2NC2=C1C(=O)NC(C)(C)C2. The number of nitrogens with one attached hydrogen (secondary N) is 2. The van der Waals surface area contributed by atoms with Gasteiger partial charge in [0, 0.05) is 35.8 Å². The molecule has 1 unspecified atom stereocenters. The van der Waals surface area contributed by atoms with Gasteiger partial charge in [0.15, 0.2) is 6.17 Å². The van der Waals surface area contributed by atoms with Crippen LogP contribution in [0.25, 0.3) is 11.3 Å². The molecular weight excluding hydrogens is 388 g/mol. The highest BCUT2D eigenvalue weighted by atomic mass is 16.2. The second-order valence-electron chi connectivity index (χ2n) is 9.37. The van der Waals surface area contributed by atoms with Gasteiger partial charge in [0.2, 0.25) is 0 Å². The lowest BCUT2D eigenvalue weighted by Crippen LogP contribution is -2.58. The summed E-state index contributed by atoms with van der Waals surface area (Å²) in [5.41, 5.74) is 6.27. The number of rotatable bonds is 3. The van der Waals surface area contributed by atoms with Gasteiger partial charge in [-0.1, -0.05) is 25.1 Å². The molecule has 3 aliphatic rings. The highest BCUT2D eigenvalue weighted by Gasteiger charge is 2.53. The fourth-order valence-corrected chi connectivity index (χ4v) is 5.50. The van der Waals surface area contributed by atoms with Gasteiger partial charge < -0.3 is 10.6 Å². The van der Waals surface area contributed by atoms with Crippen molar-refractivity contribution in [3.05, 3.63) is 64.6 Å². The fraction of sp³-hybridized carbons (Fsp3) is 0.417. The Kier molecular flexibility index (Phi) is 4.22. The van der Waals surface area contributed by atoms with Gasteiger partial charge >= 0.3 is 0 Å². The number of nitrogens with zero attached hydrogens (tertiary/aromatic N) is 4. The first-order valence-electron chi connectivity index (χ1n) is 10.8. The zero-order valence-corrected chi connectivity index (χ0v) is 18.7. The molecule has 0 spiro atoms. The second-order valence-corrected chi connectivity index (χ2v) is 9.37. The predicted molar refractivity (Wildman–Crippen MR) is 119 cm³/mol. The van der Waals surface area contributed by atoms with E-state index in [0.29, 0.717) is 0 Å². The topological polar surface area (TPSA) is 83.7 Å². The average molecular weight is 417 g/mol. The van der Waals surface area contributed by atoms with E-state index in [0.717, 1.165) is 52.1 Å². The lowest BCUT2D eigenvalue weighted by Gasteiger charge is -2.48. The molecule has 3 aliphatic heterocycles. The second kappa shape index (κ2) is 6.64. The van der Waals surface area contributed by atoms with Gasteiger partial charge in [0.25, 0.3) is 5.91 Å². The Morgan fingerprint density at radius 2 is 2.10 bits per heavy atom. The van der Waals surface area contributed by atoms with E-state index in [1.54, 1.807) is 0 Å². The van der Waals surface area contributed by atoms with Crippen LogP contribution in [-0.2, 0) is 17.3 Å². The smallest absolute Gasteiger partial charge is 0.250 e. The molecular formula is C24H28N6O. The van der Waals surface area contributed by atoms with E-state index >= 15 is 0 Å². The van der Waals surface area contributed by atoms with Crippen LogP contribution in [0.5, 0.6) is 0 Å². The molecule has 4 heterocycles. The standard InChI is InChI=1S/C24H28N6O/c1-6-24(16-9-7-8-15(10-16)20-14(2)12-26-30(20)5)17-13-25-29-21(17)27-18-11-23(3,4)28-22(31)19(18)24/h7-10,12-13,21,27H,6,11H2,1-5H3,(H,28,31)/t21?,24-/m1/s1. The first-order chi connectivity index (χ1) is 14.8. The number of hydrogen-bond donors (Lipinski definition) is 2. The number of azo groups is 1. The highest BCUT2D eigenvalue weighted by Crippen LogP contribution is 2.51. The molecule has 1 amide bonds. The summed E-state index contributed by atoms with van der Waals surface area (Å²) < 4.78 is 1.90. The molecule has 2 atom stereocenters. The molecule has 0 saturated carbocycles. The maximum absolute atomic E-state index is 13.5. The van der Waals surface area contributed by atoms with Crippen LogP contribution in [0.2, 0.25) is 0 Å². The zero-order chi connectivity index (χ0) is 22.0. The van der Waals surface area contributed by atoms with Crippen molar-refractivity contribution in [1.29, 1.82) is 0 Å². The van der Waals surface area contributed by atoms with Gasteiger partial charge in [-0.25, -0.2) is 0 Å². The minimum Gasteiger partial charge on any atom is -0.362 e. The van der Waals surface area contributed by atoms with E-state index in [-0.39, 0.29) is 17.6 Å². The molecule has 0 aliphatic carbocycles. The van der Waals surface area contributed by atoms with Gasteiger partial charge in [-0.2, -0.15) is 15.3 Å². The third kappa shape index (κ3) is 2.79. The monoisotopic (exact) mass is 416 g/mol. The highest BCUT2D eigenvalue weighted by molar-refractivity contribution is 6.00. The maximum Gasteiger partial charge on any atom is 0.250 e. The van der Waals surface area contributed by atoms with Crippen molar-refractivity contribution in [3.63, 3.8) is 0 Å². The Morgan fingerprint density at radius 3 is 2.81 bits per heavy atom. The van der Waals surface area contributed by atoms with Crippen LogP contribution in [0, 0.1) is 6.92 Å². The van der Waals surface area contributed by atoms with Crippen LogP contribution in [0.15, 0.2) is 63.7 Å². The van der Waals surface area contributed by atoms with E-state index in [4.69, 9.17) is 0 Å². The number of amides is 1. The molecule has 2 aromatic rings. The third-order valence-electron chi connectivity index (χ3n) is 6.78. The number of aromatic nitrogens is 2. The molecule has 1 aromatic heterocycles. The van der Waals surface area contributed by atoms with E-state index in [2.05, 4.69) is 77.9 Å². The van der Waals surface area contributed by atoms with Crippen molar-refractivity contribution in [1.82, 2.24) is 20.4 Å². The van der Waals surface area contributed by atoms with Crippen molar-refractivity contribution < 1.29 is 4.79 Å². The van der Waals surface area contributed by atoms with Crippen LogP contribution in [0.3, 0.4) is 0 Å². The Balaban J connectivity index is 1.76. The first-order valence-corrected chi connectivity index (χ1v) is 10.8. The van der Waals surface area contributed by atoms with Crippen LogP contribution in [0.4, 0.5) is 0 Å². The van der Waals surface area contributed by atoms with E-state index in [1.807, 2.05) is 24.1 Å². The van der Waals surface area contributed by atoms with Gasteiger partial charge in [-0.05, 0) is 44.4 Å². The van der Waals surface area contributed by atoms with E-state index in [1.165, 1.54) is 0 Å². The Hall–Kier alpha value is -3.22. The van der Waals surface area contributed by atoms with Crippen molar-refractivity contribution in [2.75, 3.05) is 0 Å². The van der Waals surface area contributed by atoms with Crippen LogP contribution in [0.1, 0.15) is 44.7 Å². The third-order valence-corrected chi connectivity index (χ3v) is 6.78. The largest absolute Gasteiger partial charge is 0.362 e. The molecule has 1 aromatic carbocycles. The lowest BCUT2D eigenvalue weighted by atomic mass is 9.62. The normalized spacial score (nSPS) is 26.2. The summed E-state index contributed by atoms with van der Waals surface area (Å²) >= 11 is 0. The fourth-order valence-electron chi connectivity index (χ4n) is 5.50. The molecule has 2 N–H and O–H groups in total. The Bertz CT molecular complexity index is 1160. The summed E-state index contributed by atoms with van der Waals surface area (Å²) in [7, 11) is 1.96. The molecule has 7 heteroatoms. The summed E-state index contributed by atoms with van der Waals surface area (Å²) in [4.78, 5) is 13.5. The number of benzene rings is 1. The van der Waals surface area contributed by atoms with Crippen molar-refractivity contribution in [2.24, 2.45) is 17.3 Å². The minimum atomic E-state index is -0.585. The minimum absolute atomic E-state index is 0.0195. The molecule has 31 heavy (non-hydrogen) atoms. The van der Waals surface area contributed by atoms with E-state index < -0.39 is 5.41 Å². The molecule has 5 rings (SSSR count). The lowest BCUT2D eigenvalue weighted by molar-refractivity contribution is -0.120. The summed E-state index contributed by atoms with van der Waals surface area (Å²) in [6.07, 6.45) is 4.95. The van der Waals surface area contributed by atoms with Crippen LogP contribution >= 0.6 is 0 Å². The number of fused-ring (bicyclic) bond motifs is 1. The van der Waals surface area contributed by atoms with Gasteiger partial charge in [-0.3, -0.25) is 9.48 Å². The molecule has 160 valence electrons. The predicted octanol–water partition coefficient (Wildman–Crippen LogP) is 3.87. The van der Waals surface area contributed by atoms with Gasteiger partial charge in [0.1, 0.15) is 0 Å². The van der Waals surface area contributed by atoms with Crippen LogP contribution < -0.4 is 10.6 Å². The Labute approximate surface area is 182 Å². The number of carbonyl (C=O) groups excluding carboxylic acids is 1. The quantitative estimate of drug-likeness (QED) is 0.797. The maximum atomic E-state index is 13.5. The Morgan fingerprint density at radius 1 is 1.29 bits per heavy atom. The van der Waals surface area contributed by atoms with Crippen LogP contribution in [-0.4, -0.2) is 27.4 Å². The summed E-state index contributed by atoms with van der Waals surface area (Å²) in [5.74, 6) is -0.0195. The van der Waals surface area contributed by atoms with Crippen molar-refractivity contribution in [2.45, 2.75) is 57.7 Å².